The second-order valence-electron chi connectivity index (χ2n) is 3.49. The molecule has 0 atom stereocenters. The molecule has 2 aromatic rings. The number of benzene rings is 1. The van der Waals surface area contributed by atoms with E-state index in [9.17, 15) is 0 Å². The molecule has 84 valence electrons. The highest BCUT2D eigenvalue weighted by Gasteiger charge is 2.02. The normalized spacial score (nSPS) is 9.71. The van der Waals surface area contributed by atoms with Gasteiger partial charge in [0.25, 0.3) is 0 Å². The summed E-state index contributed by atoms with van der Waals surface area (Å²) in [6, 6.07) is 12.7. The van der Waals surface area contributed by atoms with Crippen LogP contribution >= 0.6 is 15.9 Å². The van der Waals surface area contributed by atoms with Gasteiger partial charge in [0.15, 0.2) is 0 Å². The van der Waals surface area contributed by atoms with Gasteiger partial charge in [0.1, 0.15) is 17.5 Å². The van der Waals surface area contributed by atoms with E-state index in [1.807, 2.05) is 31.2 Å². The van der Waals surface area contributed by atoms with Crippen molar-refractivity contribution < 1.29 is 4.74 Å². The number of rotatable bonds is 2. The van der Waals surface area contributed by atoms with Gasteiger partial charge in [0, 0.05) is 10.5 Å². The average Bonchev–Trinajstić information content (AvgIpc) is 2.34. The van der Waals surface area contributed by atoms with Gasteiger partial charge < -0.3 is 4.74 Å². The zero-order valence-electron chi connectivity index (χ0n) is 9.14. The molecule has 3 nitrogen and oxygen atoms in total. The lowest BCUT2D eigenvalue weighted by Gasteiger charge is -2.06. The van der Waals surface area contributed by atoms with E-state index < -0.39 is 0 Å². The van der Waals surface area contributed by atoms with Crippen LogP contribution in [0.1, 0.15) is 11.3 Å². The fourth-order valence-corrected chi connectivity index (χ4v) is 1.58. The molecular formula is C13H9BrN2O. The van der Waals surface area contributed by atoms with Gasteiger partial charge in [-0.05, 0) is 36.8 Å². The minimum atomic E-state index is 0.344. The fourth-order valence-electron chi connectivity index (χ4n) is 1.34. The highest BCUT2D eigenvalue weighted by molar-refractivity contribution is 9.10. The third-order valence-corrected chi connectivity index (χ3v) is 3.08. The van der Waals surface area contributed by atoms with E-state index in [0.29, 0.717) is 17.3 Å². The number of ether oxygens (including phenoxy) is 1. The number of hydrogen-bond acceptors (Lipinski definition) is 3. The molecule has 4 heteroatoms. The van der Waals surface area contributed by atoms with Crippen molar-refractivity contribution in [2.45, 2.75) is 6.92 Å². The second-order valence-corrected chi connectivity index (χ2v) is 4.34. The Hall–Kier alpha value is -1.86. The quantitative estimate of drug-likeness (QED) is 0.844. The van der Waals surface area contributed by atoms with Gasteiger partial charge in [-0.2, -0.15) is 5.26 Å². The van der Waals surface area contributed by atoms with Crippen molar-refractivity contribution >= 4 is 15.9 Å². The summed E-state index contributed by atoms with van der Waals surface area (Å²) in [5.74, 6) is 1.12. The summed E-state index contributed by atoms with van der Waals surface area (Å²) < 4.78 is 6.60. The van der Waals surface area contributed by atoms with E-state index in [1.165, 1.54) is 0 Å². The molecule has 0 unspecified atom stereocenters. The molecule has 0 bridgehead atoms. The van der Waals surface area contributed by atoms with Crippen LogP contribution in [0.5, 0.6) is 11.6 Å². The summed E-state index contributed by atoms with van der Waals surface area (Å²) in [5.41, 5.74) is 1.43. The Labute approximate surface area is 108 Å². The first-order valence-electron chi connectivity index (χ1n) is 5.00. The maximum absolute atomic E-state index is 8.73. The van der Waals surface area contributed by atoms with Crippen LogP contribution in [-0.4, -0.2) is 4.98 Å². The highest BCUT2D eigenvalue weighted by Crippen LogP contribution is 2.25. The Kier molecular flexibility index (Phi) is 3.40. The van der Waals surface area contributed by atoms with Crippen LogP contribution in [-0.2, 0) is 0 Å². The summed E-state index contributed by atoms with van der Waals surface area (Å²) >= 11 is 3.42. The molecule has 0 amide bonds. The van der Waals surface area contributed by atoms with Gasteiger partial charge in [0.05, 0.1) is 0 Å². The zero-order valence-corrected chi connectivity index (χ0v) is 10.7. The monoisotopic (exact) mass is 288 g/mol. The molecule has 0 N–H and O–H groups in total. The van der Waals surface area contributed by atoms with Gasteiger partial charge in [-0.15, -0.1) is 0 Å². The van der Waals surface area contributed by atoms with Crippen molar-refractivity contribution in [1.29, 1.82) is 5.26 Å². The first-order valence-corrected chi connectivity index (χ1v) is 5.79. The SMILES string of the molecule is Cc1cc(Oc2cccc(C#N)n2)ccc1Br. The Bertz CT molecular complexity index is 590. The minimum Gasteiger partial charge on any atom is -0.439 e. The highest BCUT2D eigenvalue weighted by atomic mass is 79.9. The third-order valence-electron chi connectivity index (χ3n) is 2.19. The number of aryl methyl sites for hydroxylation is 1. The molecule has 0 saturated carbocycles. The molecule has 2 rings (SSSR count). The van der Waals surface area contributed by atoms with E-state index in [-0.39, 0.29) is 0 Å². The van der Waals surface area contributed by atoms with Crippen LogP contribution in [0.3, 0.4) is 0 Å². The number of pyridine rings is 1. The Morgan fingerprint density at radius 2 is 2.12 bits per heavy atom. The van der Waals surface area contributed by atoms with Crippen LogP contribution in [0.15, 0.2) is 40.9 Å². The number of nitriles is 1. The third kappa shape index (κ3) is 2.83. The first kappa shape index (κ1) is 11.6. The van der Waals surface area contributed by atoms with Crippen LogP contribution in [0.2, 0.25) is 0 Å². The topological polar surface area (TPSA) is 45.9 Å². The number of hydrogen-bond donors (Lipinski definition) is 0. The van der Waals surface area contributed by atoms with Gasteiger partial charge in [0.2, 0.25) is 5.88 Å². The van der Waals surface area contributed by atoms with Crippen molar-refractivity contribution in [3.05, 3.63) is 52.1 Å². The van der Waals surface area contributed by atoms with Gasteiger partial charge in [-0.25, -0.2) is 4.98 Å². The second kappa shape index (κ2) is 4.98. The molecule has 0 spiro atoms. The van der Waals surface area contributed by atoms with Crippen LogP contribution in [0, 0.1) is 18.3 Å². The molecule has 17 heavy (non-hydrogen) atoms. The minimum absolute atomic E-state index is 0.344. The number of halogens is 1. The van der Waals surface area contributed by atoms with Crippen LogP contribution in [0.25, 0.3) is 0 Å². The predicted octanol–water partition coefficient (Wildman–Crippen LogP) is 3.82. The molecule has 0 saturated heterocycles. The molecule has 1 aromatic heterocycles. The van der Waals surface area contributed by atoms with Gasteiger partial charge >= 0.3 is 0 Å². The first-order chi connectivity index (χ1) is 8.19. The number of aromatic nitrogens is 1. The summed E-state index contributed by atoms with van der Waals surface area (Å²) in [6.07, 6.45) is 0. The van der Waals surface area contributed by atoms with Crippen molar-refractivity contribution in [1.82, 2.24) is 4.98 Å². The number of nitrogens with zero attached hydrogens (tertiary/aromatic N) is 2. The average molecular weight is 289 g/mol. The van der Waals surface area contributed by atoms with E-state index in [1.54, 1.807) is 18.2 Å². The molecule has 1 aromatic carbocycles. The Balaban J connectivity index is 2.25. The summed E-state index contributed by atoms with van der Waals surface area (Å²) in [4.78, 5) is 4.04. The molecule has 1 heterocycles. The summed E-state index contributed by atoms with van der Waals surface area (Å²) in [6.45, 7) is 1.98. The molecule has 0 radical (unpaired) electrons. The summed E-state index contributed by atoms with van der Waals surface area (Å²) in [7, 11) is 0. The van der Waals surface area contributed by atoms with E-state index in [4.69, 9.17) is 10.00 Å². The molecule has 0 aliphatic carbocycles. The van der Waals surface area contributed by atoms with Crippen molar-refractivity contribution in [3.8, 4) is 17.7 Å². The predicted molar refractivity (Wildman–Crippen MR) is 67.9 cm³/mol. The lowest BCUT2D eigenvalue weighted by atomic mass is 10.2. The Morgan fingerprint density at radius 1 is 1.29 bits per heavy atom. The smallest absolute Gasteiger partial charge is 0.220 e. The van der Waals surface area contributed by atoms with Crippen molar-refractivity contribution in [3.63, 3.8) is 0 Å². The molecule has 0 fully saturated rings. The molecule has 0 aliphatic heterocycles. The van der Waals surface area contributed by atoms with E-state index >= 15 is 0 Å². The van der Waals surface area contributed by atoms with Gasteiger partial charge in [-0.3, -0.25) is 0 Å². The van der Waals surface area contributed by atoms with E-state index in [2.05, 4.69) is 20.9 Å². The standard InChI is InChI=1S/C13H9BrN2O/c1-9-7-11(5-6-12(9)14)17-13-4-2-3-10(8-15)16-13/h2-7H,1H3. The molecule has 0 aliphatic rings. The van der Waals surface area contributed by atoms with E-state index in [0.717, 1.165) is 10.0 Å². The zero-order chi connectivity index (χ0) is 12.3. The molecular weight excluding hydrogens is 280 g/mol. The lowest BCUT2D eigenvalue weighted by Crippen LogP contribution is -1.90. The van der Waals surface area contributed by atoms with Crippen molar-refractivity contribution in [2.75, 3.05) is 0 Å². The maximum atomic E-state index is 8.73. The summed E-state index contributed by atoms with van der Waals surface area (Å²) in [5, 5.41) is 8.73. The van der Waals surface area contributed by atoms with Gasteiger partial charge in [-0.1, -0.05) is 22.0 Å². The van der Waals surface area contributed by atoms with Crippen LogP contribution in [0.4, 0.5) is 0 Å². The van der Waals surface area contributed by atoms with Crippen LogP contribution < -0.4 is 4.74 Å². The van der Waals surface area contributed by atoms with Crippen molar-refractivity contribution in [2.24, 2.45) is 0 Å². The fraction of sp³-hybridized carbons (Fsp3) is 0.0769. The largest absolute Gasteiger partial charge is 0.439 e. The lowest BCUT2D eigenvalue weighted by molar-refractivity contribution is 0.462. The Morgan fingerprint density at radius 3 is 2.82 bits per heavy atom. The maximum Gasteiger partial charge on any atom is 0.220 e.